The number of carbonyl (C=O) groups excluding carboxylic acids is 1. The molecule has 7 heteroatoms. The number of rotatable bonds is 7. The Hall–Kier alpha value is -2.05. The Morgan fingerprint density at radius 2 is 1.68 bits per heavy atom. The summed E-state index contributed by atoms with van der Waals surface area (Å²) in [7, 11) is -3.95. The molecular weight excluding hydrogens is 396 g/mol. The van der Waals surface area contributed by atoms with Crippen molar-refractivity contribution in [1.29, 1.82) is 0 Å². The number of aryl methyl sites for hydroxylation is 2. The van der Waals surface area contributed by atoms with Crippen molar-refractivity contribution >= 4 is 33.2 Å². The van der Waals surface area contributed by atoms with E-state index < -0.39 is 10.0 Å². The van der Waals surface area contributed by atoms with Crippen LogP contribution in [0.5, 0.6) is 0 Å². The number of hydrogen-bond donors (Lipinski definition) is 1. The normalized spacial score (nSPS) is 12.7. The van der Waals surface area contributed by atoms with Gasteiger partial charge in [-0.3, -0.25) is 9.10 Å². The topological polar surface area (TPSA) is 66.5 Å². The third-order valence-corrected chi connectivity index (χ3v) is 6.73. The molecule has 0 aliphatic rings. The first-order chi connectivity index (χ1) is 13.0. The molecule has 0 saturated heterocycles. The highest BCUT2D eigenvalue weighted by Gasteiger charge is 2.29. The van der Waals surface area contributed by atoms with Gasteiger partial charge in [-0.2, -0.15) is 0 Å². The molecule has 0 radical (unpaired) electrons. The molecule has 2 aromatic rings. The predicted molar refractivity (Wildman–Crippen MR) is 114 cm³/mol. The molecular formula is C21H27ClN2O3S. The Morgan fingerprint density at radius 1 is 1.07 bits per heavy atom. The molecule has 0 unspecified atom stereocenters. The second kappa shape index (κ2) is 8.97. The molecule has 1 atom stereocenters. The highest BCUT2D eigenvalue weighted by Crippen LogP contribution is 2.29. The van der Waals surface area contributed by atoms with E-state index >= 15 is 0 Å². The Morgan fingerprint density at radius 3 is 2.25 bits per heavy atom. The Kier molecular flexibility index (Phi) is 7.12. The van der Waals surface area contributed by atoms with Crippen LogP contribution < -0.4 is 9.62 Å². The van der Waals surface area contributed by atoms with Gasteiger partial charge in [-0.1, -0.05) is 49.2 Å². The van der Waals surface area contributed by atoms with E-state index in [1.807, 2.05) is 27.7 Å². The van der Waals surface area contributed by atoms with Crippen molar-refractivity contribution in [3.8, 4) is 0 Å². The number of nitrogens with one attached hydrogen (secondary N) is 1. The zero-order valence-electron chi connectivity index (χ0n) is 16.9. The molecule has 0 spiro atoms. The number of amides is 1. The number of sulfonamides is 1. The quantitative estimate of drug-likeness (QED) is 0.722. The van der Waals surface area contributed by atoms with Crippen molar-refractivity contribution in [2.45, 2.75) is 45.6 Å². The van der Waals surface area contributed by atoms with E-state index in [9.17, 15) is 13.2 Å². The van der Waals surface area contributed by atoms with Crippen LogP contribution in [-0.2, 0) is 14.8 Å². The summed E-state index contributed by atoms with van der Waals surface area (Å²) >= 11 is 6.12. The highest BCUT2D eigenvalue weighted by molar-refractivity contribution is 7.92. The lowest BCUT2D eigenvalue weighted by molar-refractivity contribution is -0.120. The maximum Gasteiger partial charge on any atom is 0.264 e. The molecule has 152 valence electrons. The molecule has 2 rings (SSSR count). The van der Waals surface area contributed by atoms with Crippen LogP contribution in [0, 0.1) is 19.8 Å². The lowest BCUT2D eigenvalue weighted by Gasteiger charge is -2.27. The van der Waals surface area contributed by atoms with Gasteiger partial charge >= 0.3 is 0 Å². The number of benzene rings is 2. The van der Waals surface area contributed by atoms with Gasteiger partial charge in [-0.15, -0.1) is 0 Å². The van der Waals surface area contributed by atoms with Gasteiger partial charge in [0.25, 0.3) is 10.0 Å². The Bertz CT molecular complexity index is 941. The minimum Gasteiger partial charge on any atom is -0.352 e. The number of hydrogen-bond acceptors (Lipinski definition) is 3. The summed E-state index contributed by atoms with van der Waals surface area (Å²) in [6.07, 6.45) is 0. The first kappa shape index (κ1) is 22.2. The zero-order valence-corrected chi connectivity index (χ0v) is 18.4. The van der Waals surface area contributed by atoms with E-state index in [0.717, 1.165) is 9.87 Å². The van der Waals surface area contributed by atoms with Gasteiger partial charge in [0.2, 0.25) is 5.91 Å². The molecule has 28 heavy (non-hydrogen) atoms. The Labute approximate surface area is 172 Å². The van der Waals surface area contributed by atoms with Gasteiger partial charge in [0.1, 0.15) is 6.54 Å². The zero-order chi connectivity index (χ0) is 21.1. The monoisotopic (exact) mass is 422 g/mol. The summed E-state index contributed by atoms with van der Waals surface area (Å²) in [6.45, 7) is 9.23. The van der Waals surface area contributed by atoms with Gasteiger partial charge in [-0.25, -0.2) is 8.42 Å². The molecule has 1 N–H and O–H groups in total. The fourth-order valence-corrected chi connectivity index (χ4v) is 4.23. The highest BCUT2D eigenvalue weighted by atomic mass is 35.5. The molecule has 0 fully saturated rings. The largest absolute Gasteiger partial charge is 0.352 e. The van der Waals surface area contributed by atoms with Crippen molar-refractivity contribution in [3.05, 3.63) is 58.6 Å². The number of carbonyl (C=O) groups is 1. The number of nitrogens with zero attached hydrogens (tertiary/aromatic N) is 1. The molecule has 0 aliphatic heterocycles. The maximum absolute atomic E-state index is 13.4. The fraction of sp³-hybridized carbons (Fsp3) is 0.381. The van der Waals surface area contributed by atoms with Crippen molar-refractivity contribution < 1.29 is 13.2 Å². The van der Waals surface area contributed by atoms with E-state index in [1.54, 1.807) is 49.4 Å². The van der Waals surface area contributed by atoms with Crippen LogP contribution in [0.25, 0.3) is 0 Å². The molecule has 0 aliphatic carbocycles. The van der Waals surface area contributed by atoms with E-state index in [1.165, 1.54) is 0 Å². The molecule has 0 heterocycles. The summed E-state index contributed by atoms with van der Waals surface area (Å²) in [6, 6.07) is 11.5. The lowest BCUT2D eigenvalue weighted by atomic mass is 10.1. The molecule has 0 aromatic heterocycles. The van der Waals surface area contributed by atoms with E-state index in [-0.39, 0.29) is 29.3 Å². The molecule has 1 amide bonds. The van der Waals surface area contributed by atoms with Crippen LogP contribution in [0.4, 0.5) is 5.69 Å². The second-order valence-electron chi connectivity index (χ2n) is 7.36. The van der Waals surface area contributed by atoms with Gasteiger partial charge < -0.3 is 5.32 Å². The van der Waals surface area contributed by atoms with E-state index in [4.69, 9.17) is 11.6 Å². The molecule has 0 saturated carbocycles. The first-order valence-electron chi connectivity index (χ1n) is 9.17. The average Bonchev–Trinajstić information content (AvgIpc) is 2.62. The third kappa shape index (κ3) is 5.26. The van der Waals surface area contributed by atoms with Crippen LogP contribution in [-0.4, -0.2) is 26.9 Å². The van der Waals surface area contributed by atoms with Crippen LogP contribution >= 0.6 is 11.6 Å². The van der Waals surface area contributed by atoms with Crippen molar-refractivity contribution in [2.75, 3.05) is 10.8 Å². The lowest BCUT2D eigenvalue weighted by Crippen LogP contribution is -2.45. The van der Waals surface area contributed by atoms with Gasteiger partial charge in [0.05, 0.1) is 10.6 Å². The second-order valence-corrected chi connectivity index (χ2v) is 9.65. The average molecular weight is 423 g/mol. The van der Waals surface area contributed by atoms with Crippen molar-refractivity contribution in [3.63, 3.8) is 0 Å². The van der Waals surface area contributed by atoms with Crippen LogP contribution in [0.1, 0.15) is 31.9 Å². The van der Waals surface area contributed by atoms with Crippen molar-refractivity contribution in [2.24, 2.45) is 5.92 Å². The van der Waals surface area contributed by atoms with Crippen LogP contribution in [0.15, 0.2) is 47.4 Å². The first-order valence-corrected chi connectivity index (χ1v) is 11.0. The smallest absolute Gasteiger partial charge is 0.264 e. The minimum atomic E-state index is -3.95. The number of halogens is 1. The van der Waals surface area contributed by atoms with Crippen molar-refractivity contribution in [1.82, 2.24) is 5.32 Å². The van der Waals surface area contributed by atoms with Gasteiger partial charge in [0, 0.05) is 11.1 Å². The maximum atomic E-state index is 13.4. The summed E-state index contributed by atoms with van der Waals surface area (Å²) in [5.41, 5.74) is 2.05. The molecule has 0 bridgehead atoms. The predicted octanol–water partition coefficient (Wildman–Crippen LogP) is 4.31. The molecule has 2 aromatic carbocycles. The van der Waals surface area contributed by atoms with Crippen LogP contribution in [0.3, 0.4) is 0 Å². The van der Waals surface area contributed by atoms with Gasteiger partial charge in [0.15, 0.2) is 0 Å². The number of anilines is 1. The summed E-state index contributed by atoms with van der Waals surface area (Å²) in [5.74, 6) is -0.129. The van der Waals surface area contributed by atoms with Gasteiger partial charge in [-0.05, 0) is 56.5 Å². The Balaban J connectivity index is 2.48. The molecule has 5 nitrogen and oxygen atoms in total. The summed E-state index contributed by atoms with van der Waals surface area (Å²) < 4.78 is 27.9. The standard InChI is InChI=1S/C21H27ClN2O3S/c1-14(2)17(5)23-21(25)13-24(20-12-18(22)9-8-16(20)4)28(26,27)19-10-6-15(3)7-11-19/h6-12,14,17H,13H2,1-5H3,(H,23,25)/t17-/m1/s1. The third-order valence-electron chi connectivity index (χ3n) is 4.72. The summed E-state index contributed by atoms with van der Waals surface area (Å²) in [4.78, 5) is 12.7. The minimum absolute atomic E-state index is 0.0723. The summed E-state index contributed by atoms with van der Waals surface area (Å²) in [5, 5.41) is 3.27. The van der Waals surface area contributed by atoms with E-state index in [2.05, 4.69) is 5.32 Å². The fourth-order valence-electron chi connectivity index (χ4n) is 2.59. The van der Waals surface area contributed by atoms with Crippen LogP contribution in [0.2, 0.25) is 5.02 Å². The SMILES string of the molecule is Cc1ccc(S(=O)(=O)N(CC(=O)N[C@H](C)C(C)C)c2cc(Cl)ccc2C)cc1. The van der Waals surface area contributed by atoms with E-state index in [0.29, 0.717) is 16.3 Å².